The normalized spacial score (nSPS) is 11.1. The van der Waals surface area contributed by atoms with Crippen LogP contribution in [0.1, 0.15) is 11.1 Å². The molecule has 1 N–H and O–H groups in total. The molecular formula is C24H20N4O2S. The molecule has 0 atom stereocenters. The van der Waals surface area contributed by atoms with Gasteiger partial charge in [-0.15, -0.1) is 0 Å². The van der Waals surface area contributed by atoms with E-state index >= 15 is 0 Å². The summed E-state index contributed by atoms with van der Waals surface area (Å²) in [5.74, 6) is -0.209. The summed E-state index contributed by atoms with van der Waals surface area (Å²) in [5, 5.41) is 5.00. The van der Waals surface area contributed by atoms with E-state index in [-0.39, 0.29) is 17.2 Å². The van der Waals surface area contributed by atoms with Crippen LogP contribution < -0.4 is 11.0 Å². The molecule has 0 saturated heterocycles. The molecule has 0 fully saturated rings. The van der Waals surface area contributed by atoms with E-state index in [0.717, 1.165) is 11.1 Å². The SMILES string of the molecule is Cc1cccc(C=NNC(=O)CSc2nc3ccccc3c(=O)n2-c2ccccc2)c1. The number of hydrogen-bond donors (Lipinski definition) is 1. The van der Waals surface area contributed by atoms with Gasteiger partial charge in [0.05, 0.1) is 28.6 Å². The molecule has 7 heteroatoms. The van der Waals surface area contributed by atoms with Crippen LogP contribution in [0.5, 0.6) is 0 Å². The Labute approximate surface area is 183 Å². The second kappa shape index (κ2) is 9.40. The van der Waals surface area contributed by atoms with Crippen molar-refractivity contribution < 1.29 is 4.79 Å². The highest BCUT2D eigenvalue weighted by Gasteiger charge is 2.14. The van der Waals surface area contributed by atoms with Gasteiger partial charge in [0, 0.05) is 0 Å². The minimum atomic E-state index is -0.282. The van der Waals surface area contributed by atoms with Gasteiger partial charge in [-0.1, -0.05) is 71.9 Å². The van der Waals surface area contributed by atoms with Crippen molar-refractivity contribution in [3.63, 3.8) is 0 Å². The zero-order valence-electron chi connectivity index (χ0n) is 16.9. The number of para-hydroxylation sites is 2. The van der Waals surface area contributed by atoms with E-state index in [1.54, 1.807) is 18.3 Å². The molecule has 1 aromatic heterocycles. The van der Waals surface area contributed by atoms with Crippen LogP contribution in [-0.4, -0.2) is 27.4 Å². The zero-order chi connectivity index (χ0) is 21.6. The van der Waals surface area contributed by atoms with Crippen molar-refractivity contribution >= 4 is 34.8 Å². The minimum absolute atomic E-state index is 0.0722. The predicted molar refractivity (Wildman–Crippen MR) is 125 cm³/mol. The van der Waals surface area contributed by atoms with Crippen LogP contribution >= 0.6 is 11.8 Å². The standard InChI is InChI=1S/C24H20N4O2S/c1-17-8-7-9-18(14-17)15-25-27-22(29)16-31-24-26-21-13-6-5-12-20(21)23(30)28(24)19-10-3-2-4-11-19/h2-15H,16H2,1H3,(H,27,29). The number of benzene rings is 3. The lowest BCUT2D eigenvalue weighted by Gasteiger charge is -2.12. The van der Waals surface area contributed by atoms with E-state index in [2.05, 4.69) is 15.5 Å². The Morgan fingerprint density at radius 3 is 2.65 bits per heavy atom. The monoisotopic (exact) mass is 428 g/mol. The van der Waals surface area contributed by atoms with Crippen molar-refractivity contribution in [1.29, 1.82) is 0 Å². The lowest BCUT2D eigenvalue weighted by molar-refractivity contribution is -0.118. The molecule has 154 valence electrons. The number of nitrogens with one attached hydrogen (secondary N) is 1. The first-order chi connectivity index (χ1) is 15.1. The van der Waals surface area contributed by atoms with E-state index in [9.17, 15) is 9.59 Å². The third-order valence-corrected chi connectivity index (χ3v) is 5.48. The van der Waals surface area contributed by atoms with Crippen LogP contribution in [0.25, 0.3) is 16.6 Å². The summed E-state index contributed by atoms with van der Waals surface area (Å²) in [6.45, 7) is 2.00. The summed E-state index contributed by atoms with van der Waals surface area (Å²) in [5.41, 5.74) is 5.68. The van der Waals surface area contributed by atoms with Crippen molar-refractivity contribution in [2.24, 2.45) is 5.10 Å². The van der Waals surface area contributed by atoms with Crippen molar-refractivity contribution in [3.8, 4) is 5.69 Å². The molecule has 0 aliphatic rings. The number of carbonyl (C=O) groups is 1. The summed E-state index contributed by atoms with van der Waals surface area (Å²) < 4.78 is 1.54. The maximum atomic E-state index is 13.1. The Kier molecular flexibility index (Phi) is 6.24. The summed E-state index contributed by atoms with van der Waals surface area (Å²) >= 11 is 1.19. The van der Waals surface area contributed by atoms with Gasteiger partial charge in [0.2, 0.25) is 0 Å². The molecule has 0 saturated carbocycles. The fourth-order valence-corrected chi connectivity index (χ4v) is 3.91. The molecule has 0 unspecified atom stereocenters. The molecule has 0 bridgehead atoms. The topological polar surface area (TPSA) is 76.3 Å². The van der Waals surface area contributed by atoms with Gasteiger partial charge in [-0.05, 0) is 36.8 Å². The van der Waals surface area contributed by atoms with E-state index in [1.165, 1.54) is 16.3 Å². The fourth-order valence-electron chi connectivity index (χ4n) is 3.11. The van der Waals surface area contributed by atoms with E-state index < -0.39 is 0 Å². The van der Waals surface area contributed by atoms with Crippen LogP contribution in [-0.2, 0) is 4.79 Å². The number of amides is 1. The molecule has 1 amide bonds. The Morgan fingerprint density at radius 2 is 1.84 bits per heavy atom. The molecular weight excluding hydrogens is 408 g/mol. The zero-order valence-corrected chi connectivity index (χ0v) is 17.7. The summed E-state index contributed by atoms with van der Waals surface area (Å²) in [6, 6.07) is 24.3. The maximum absolute atomic E-state index is 13.1. The van der Waals surface area contributed by atoms with E-state index in [1.807, 2.05) is 73.7 Å². The lowest BCUT2D eigenvalue weighted by Crippen LogP contribution is -2.24. The summed E-state index contributed by atoms with van der Waals surface area (Å²) in [6.07, 6.45) is 1.60. The minimum Gasteiger partial charge on any atom is -0.272 e. The molecule has 0 aliphatic heterocycles. The van der Waals surface area contributed by atoms with Crippen molar-refractivity contribution in [3.05, 3.63) is 100 Å². The number of fused-ring (bicyclic) bond motifs is 1. The van der Waals surface area contributed by atoms with Crippen molar-refractivity contribution in [2.75, 3.05) is 5.75 Å². The Balaban J connectivity index is 1.55. The third kappa shape index (κ3) is 4.90. The number of thioether (sulfide) groups is 1. The molecule has 0 radical (unpaired) electrons. The Bertz CT molecular complexity index is 1320. The molecule has 0 spiro atoms. The van der Waals surface area contributed by atoms with Gasteiger partial charge in [-0.3, -0.25) is 14.2 Å². The van der Waals surface area contributed by atoms with E-state index in [0.29, 0.717) is 21.7 Å². The van der Waals surface area contributed by atoms with Gasteiger partial charge in [0.25, 0.3) is 11.5 Å². The predicted octanol–water partition coefficient (Wildman–Crippen LogP) is 3.94. The summed E-state index contributed by atoms with van der Waals surface area (Å²) in [7, 11) is 0. The van der Waals surface area contributed by atoms with Gasteiger partial charge in [0.1, 0.15) is 0 Å². The Hall–Kier alpha value is -3.71. The number of aromatic nitrogens is 2. The molecule has 6 nitrogen and oxygen atoms in total. The fraction of sp³-hybridized carbons (Fsp3) is 0.0833. The summed E-state index contributed by atoms with van der Waals surface area (Å²) in [4.78, 5) is 30.1. The van der Waals surface area contributed by atoms with Gasteiger partial charge in [-0.2, -0.15) is 5.10 Å². The lowest BCUT2D eigenvalue weighted by atomic mass is 10.2. The highest BCUT2D eigenvalue weighted by Crippen LogP contribution is 2.21. The van der Waals surface area contributed by atoms with Crippen LogP contribution in [0.4, 0.5) is 0 Å². The molecule has 4 aromatic rings. The number of aryl methyl sites for hydroxylation is 1. The van der Waals surface area contributed by atoms with E-state index in [4.69, 9.17) is 0 Å². The molecule has 3 aromatic carbocycles. The van der Waals surface area contributed by atoms with Crippen molar-refractivity contribution in [1.82, 2.24) is 15.0 Å². The van der Waals surface area contributed by atoms with Gasteiger partial charge < -0.3 is 0 Å². The number of rotatable bonds is 6. The van der Waals surface area contributed by atoms with Crippen LogP contribution in [0.15, 0.2) is 93.9 Å². The van der Waals surface area contributed by atoms with Crippen molar-refractivity contribution in [2.45, 2.75) is 12.1 Å². The first-order valence-electron chi connectivity index (χ1n) is 9.70. The highest BCUT2D eigenvalue weighted by atomic mass is 32.2. The van der Waals surface area contributed by atoms with Crippen LogP contribution in [0, 0.1) is 6.92 Å². The quantitative estimate of drug-likeness (QED) is 0.218. The average molecular weight is 429 g/mol. The van der Waals surface area contributed by atoms with Crippen LogP contribution in [0.2, 0.25) is 0 Å². The Morgan fingerprint density at radius 1 is 1.06 bits per heavy atom. The number of hydrazone groups is 1. The molecule has 1 heterocycles. The number of hydrogen-bond acceptors (Lipinski definition) is 5. The maximum Gasteiger partial charge on any atom is 0.266 e. The molecule has 31 heavy (non-hydrogen) atoms. The smallest absolute Gasteiger partial charge is 0.266 e. The molecule has 0 aliphatic carbocycles. The third-order valence-electron chi connectivity index (χ3n) is 4.54. The van der Waals surface area contributed by atoms with Gasteiger partial charge in [0.15, 0.2) is 5.16 Å². The second-order valence-corrected chi connectivity index (χ2v) is 7.83. The average Bonchev–Trinajstić information content (AvgIpc) is 2.78. The largest absolute Gasteiger partial charge is 0.272 e. The van der Waals surface area contributed by atoms with Crippen LogP contribution in [0.3, 0.4) is 0 Å². The number of nitrogens with zero attached hydrogens (tertiary/aromatic N) is 3. The highest BCUT2D eigenvalue weighted by molar-refractivity contribution is 7.99. The first kappa shape index (κ1) is 20.6. The second-order valence-electron chi connectivity index (χ2n) is 6.88. The molecule has 4 rings (SSSR count). The van der Waals surface area contributed by atoms with Gasteiger partial charge in [-0.25, -0.2) is 10.4 Å². The number of carbonyl (C=O) groups excluding carboxylic acids is 1. The van der Waals surface area contributed by atoms with Gasteiger partial charge >= 0.3 is 0 Å². The first-order valence-corrected chi connectivity index (χ1v) is 10.7.